The molecule has 15 heavy (non-hydrogen) atoms. The van der Waals surface area contributed by atoms with E-state index in [0.29, 0.717) is 17.1 Å². The maximum Gasteiger partial charge on any atom is 0.242 e. The van der Waals surface area contributed by atoms with Gasteiger partial charge in [-0.2, -0.15) is 0 Å². The Morgan fingerprint density at radius 3 is 2.80 bits per heavy atom. The molecule has 80 valence electrons. The van der Waals surface area contributed by atoms with Crippen LogP contribution in [0.2, 0.25) is 5.02 Å². The lowest BCUT2D eigenvalue weighted by atomic mass is 10.1. The third-order valence-electron chi connectivity index (χ3n) is 1.83. The maximum absolute atomic E-state index is 11.5. The molecule has 1 amide bonds. The Kier molecular flexibility index (Phi) is 4.66. The van der Waals surface area contributed by atoms with Gasteiger partial charge in [-0.3, -0.25) is 4.79 Å². The smallest absolute Gasteiger partial charge is 0.242 e. The summed E-state index contributed by atoms with van der Waals surface area (Å²) < 4.78 is 0. The van der Waals surface area contributed by atoms with Crippen molar-refractivity contribution < 1.29 is 4.79 Å². The highest BCUT2D eigenvalue weighted by molar-refractivity contribution is 6.35. The van der Waals surface area contributed by atoms with Crippen LogP contribution >= 0.6 is 23.2 Å². The Hall–Kier alpha value is -0.990. The van der Waals surface area contributed by atoms with Gasteiger partial charge in [-0.15, -0.1) is 18.2 Å². The van der Waals surface area contributed by atoms with E-state index >= 15 is 0 Å². The van der Waals surface area contributed by atoms with Crippen LogP contribution in [0.3, 0.4) is 0 Å². The number of amides is 1. The zero-order chi connectivity index (χ0) is 11.3. The van der Waals surface area contributed by atoms with Crippen molar-refractivity contribution in [3.8, 4) is 0 Å². The number of carbonyl (C=O) groups excluding carboxylic acids is 1. The Morgan fingerprint density at radius 1 is 1.53 bits per heavy atom. The molecule has 0 unspecified atom stereocenters. The van der Waals surface area contributed by atoms with E-state index in [-0.39, 0.29) is 5.91 Å². The first-order valence-corrected chi connectivity index (χ1v) is 5.25. The summed E-state index contributed by atoms with van der Waals surface area (Å²) in [6.45, 7) is 3.89. The molecule has 4 heteroatoms. The molecule has 1 atom stereocenters. The van der Waals surface area contributed by atoms with Gasteiger partial charge in [0.05, 0.1) is 0 Å². The summed E-state index contributed by atoms with van der Waals surface area (Å²) in [7, 11) is 0. The molecule has 0 heterocycles. The molecule has 0 aromatic heterocycles. The minimum Gasteiger partial charge on any atom is -0.351 e. The number of hydrogen-bond donors (Lipinski definition) is 1. The van der Waals surface area contributed by atoms with Crippen molar-refractivity contribution in [3.63, 3.8) is 0 Å². The molecule has 0 spiro atoms. The standard InChI is InChI=1S/C11H11Cl2NO/c1-2-7-14-11(15)10(13)8-5-3-4-6-9(8)12/h2-6,10H,1,7H2,(H,14,15)/t10-/m1/s1. The summed E-state index contributed by atoms with van der Waals surface area (Å²) in [6, 6.07) is 7.01. The number of rotatable bonds is 4. The van der Waals surface area contributed by atoms with E-state index in [0.717, 1.165) is 0 Å². The topological polar surface area (TPSA) is 29.1 Å². The Bertz CT molecular complexity index is 365. The van der Waals surface area contributed by atoms with Gasteiger partial charge in [0.15, 0.2) is 0 Å². The van der Waals surface area contributed by atoms with Gasteiger partial charge < -0.3 is 5.32 Å². The molecular weight excluding hydrogens is 233 g/mol. The van der Waals surface area contributed by atoms with Gasteiger partial charge in [0.2, 0.25) is 5.91 Å². The van der Waals surface area contributed by atoms with Crippen molar-refractivity contribution >= 4 is 29.1 Å². The molecule has 0 aliphatic heterocycles. The number of carbonyl (C=O) groups is 1. The Morgan fingerprint density at radius 2 is 2.20 bits per heavy atom. The first-order valence-electron chi connectivity index (χ1n) is 4.44. The van der Waals surface area contributed by atoms with E-state index in [9.17, 15) is 4.79 Å². The van der Waals surface area contributed by atoms with Gasteiger partial charge in [-0.1, -0.05) is 35.9 Å². The van der Waals surface area contributed by atoms with Crippen LogP contribution in [0.1, 0.15) is 10.9 Å². The molecular formula is C11H11Cl2NO. The van der Waals surface area contributed by atoms with Gasteiger partial charge in [0.1, 0.15) is 5.38 Å². The number of nitrogens with one attached hydrogen (secondary N) is 1. The lowest BCUT2D eigenvalue weighted by Gasteiger charge is -2.10. The molecule has 0 aliphatic rings. The molecule has 1 aromatic carbocycles. The van der Waals surface area contributed by atoms with Crippen LogP contribution in [0.4, 0.5) is 0 Å². The van der Waals surface area contributed by atoms with Gasteiger partial charge in [0.25, 0.3) is 0 Å². The highest BCUT2D eigenvalue weighted by Gasteiger charge is 2.18. The van der Waals surface area contributed by atoms with Crippen LogP contribution in [0.15, 0.2) is 36.9 Å². The highest BCUT2D eigenvalue weighted by Crippen LogP contribution is 2.27. The van der Waals surface area contributed by atoms with Crippen molar-refractivity contribution in [1.82, 2.24) is 5.32 Å². The fourth-order valence-corrected chi connectivity index (χ4v) is 1.65. The molecule has 0 radical (unpaired) electrons. The molecule has 1 rings (SSSR count). The average molecular weight is 244 g/mol. The fourth-order valence-electron chi connectivity index (χ4n) is 1.08. The normalized spacial score (nSPS) is 11.9. The summed E-state index contributed by atoms with van der Waals surface area (Å²) >= 11 is 11.9. The second-order valence-corrected chi connectivity index (χ2v) is 3.76. The molecule has 2 nitrogen and oxygen atoms in total. The summed E-state index contributed by atoms with van der Waals surface area (Å²) in [5, 5.41) is 2.34. The fraction of sp³-hybridized carbons (Fsp3) is 0.182. The van der Waals surface area contributed by atoms with Crippen LogP contribution in [0, 0.1) is 0 Å². The molecule has 0 fully saturated rings. The first-order chi connectivity index (χ1) is 7.16. The van der Waals surface area contributed by atoms with Gasteiger partial charge in [-0.05, 0) is 11.6 Å². The van der Waals surface area contributed by atoms with Crippen LogP contribution in [0.5, 0.6) is 0 Å². The zero-order valence-electron chi connectivity index (χ0n) is 8.04. The van der Waals surface area contributed by atoms with Crippen LogP contribution in [0.25, 0.3) is 0 Å². The monoisotopic (exact) mass is 243 g/mol. The molecule has 0 saturated heterocycles. The van der Waals surface area contributed by atoms with E-state index in [4.69, 9.17) is 23.2 Å². The summed E-state index contributed by atoms with van der Waals surface area (Å²) in [5.41, 5.74) is 0.613. The lowest BCUT2D eigenvalue weighted by Crippen LogP contribution is -2.27. The van der Waals surface area contributed by atoms with Crippen molar-refractivity contribution in [2.75, 3.05) is 6.54 Å². The predicted molar refractivity (Wildman–Crippen MR) is 63.3 cm³/mol. The zero-order valence-corrected chi connectivity index (χ0v) is 9.55. The second kappa shape index (κ2) is 5.79. The van der Waals surface area contributed by atoms with Crippen molar-refractivity contribution in [2.45, 2.75) is 5.38 Å². The van der Waals surface area contributed by atoms with Crippen molar-refractivity contribution in [1.29, 1.82) is 0 Å². The largest absolute Gasteiger partial charge is 0.351 e. The average Bonchev–Trinajstić information content (AvgIpc) is 2.25. The predicted octanol–water partition coefficient (Wildman–Crippen LogP) is 2.92. The minimum atomic E-state index is -0.765. The second-order valence-electron chi connectivity index (χ2n) is 2.92. The van der Waals surface area contributed by atoms with Crippen molar-refractivity contribution in [2.24, 2.45) is 0 Å². The van der Waals surface area contributed by atoms with Gasteiger partial charge in [0, 0.05) is 11.6 Å². The van der Waals surface area contributed by atoms with E-state index in [1.165, 1.54) is 0 Å². The molecule has 0 aliphatic carbocycles. The van der Waals surface area contributed by atoms with Gasteiger partial charge >= 0.3 is 0 Å². The van der Waals surface area contributed by atoms with E-state index in [1.807, 2.05) is 0 Å². The van der Waals surface area contributed by atoms with Crippen LogP contribution in [-0.4, -0.2) is 12.5 Å². The molecule has 0 bridgehead atoms. The van der Waals surface area contributed by atoms with Crippen LogP contribution < -0.4 is 5.32 Å². The van der Waals surface area contributed by atoms with E-state index in [1.54, 1.807) is 30.3 Å². The molecule has 0 saturated carbocycles. The first kappa shape index (κ1) is 12.1. The Balaban J connectivity index is 2.76. The highest BCUT2D eigenvalue weighted by atomic mass is 35.5. The summed E-state index contributed by atoms with van der Waals surface area (Å²) in [5.74, 6) is -0.273. The SMILES string of the molecule is C=CCNC(=O)[C@H](Cl)c1ccccc1Cl. The quantitative estimate of drug-likeness (QED) is 0.640. The van der Waals surface area contributed by atoms with Gasteiger partial charge in [-0.25, -0.2) is 0 Å². The van der Waals surface area contributed by atoms with E-state index < -0.39 is 5.38 Å². The third kappa shape index (κ3) is 3.26. The molecule has 1 N–H and O–H groups in total. The van der Waals surface area contributed by atoms with Crippen molar-refractivity contribution in [3.05, 3.63) is 47.5 Å². The third-order valence-corrected chi connectivity index (χ3v) is 2.61. The number of alkyl halides is 1. The van der Waals surface area contributed by atoms with Crippen LogP contribution in [-0.2, 0) is 4.79 Å². The number of benzene rings is 1. The summed E-state index contributed by atoms with van der Waals surface area (Å²) in [4.78, 5) is 11.5. The maximum atomic E-state index is 11.5. The summed E-state index contributed by atoms with van der Waals surface area (Å²) in [6.07, 6.45) is 1.59. The Labute approximate surface area is 98.9 Å². The number of halogens is 2. The number of hydrogen-bond acceptors (Lipinski definition) is 1. The van der Waals surface area contributed by atoms with E-state index in [2.05, 4.69) is 11.9 Å². The molecule has 1 aromatic rings. The minimum absolute atomic E-state index is 0.273. The lowest BCUT2D eigenvalue weighted by molar-refractivity contribution is -0.120.